The highest BCUT2D eigenvalue weighted by Gasteiger charge is 2.16. The predicted molar refractivity (Wildman–Crippen MR) is 107 cm³/mol. The molecule has 0 aromatic carbocycles. The van der Waals surface area contributed by atoms with Gasteiger partial charge in [0.15, 0.2) is 0 Å². The molecule has 3 rings (SSSR count). The van der Waals surface area contributed by atoms with Crippen molar-refractivity contribution in [3.8, 4) is 0 Å². The number of nitrogens with two attached hydrogens (primary N) is 1. The van der Waals surface area contributed by atoms with E-state index in [0.717, 1.165) is 19.5 Å². The molecule has 3 N–H and O–H groups in total. The summed E-state index contributed by atoms with van der Waals surface area (Å²) in [5, 5.41) is 3.30. The van der Waals surface area contributed by atoms with E-state index in [4.69, 9.17) is 5.73 Å². The zero-order valence-corrected chi connectivity index (χ0v) is 15.6. The standard InChI is InChI=1S/C18H22BrN5O.2H2/c19-13-11-14(18(20)22-12-13)17(25)15-5-3-6-16(23-15)21-7-4-10-24-8-1-2-9-24;;/h3,5-6,11-12H,1-2,4,7-10H2,(H2,20,22)(H,21,23);2*1H. The predicted octanol–water partition coefficient (Wildman–Crippen LogP) is 3.44. The van der Waals surface area contributed by atoms with Crippen LogP contribution in [0.25, 0.3) is 0 Å². The van der Waals surface area contributed by atoms with Crippen LogP contribution in [0.15, 0.2) is 34.9 Å². The number of hydrogen-bond donors (Lipinski definition) is 2. The number of nitrogen functional groups attached to an aromatic ring is 1. The molecule has 136 valence electrons. The second-order valence-electron chi connectivity index (χ2n) is 6.15. The molecule has 1 aliphatic heterocycles. The van der Waals surface area contributed by atoms with Crippen LogP contribution in [0.1, 0.15) is 38.2 Å². The number of rotatable bonds is 7. The largest absolute Gasteiger partial charge is 0.383 e. The van der Waals surface area contributed by atoms with Crippen molar-refractivity contribution in [2.45, 2.75) is 19.3 Å². The SMILES string of the molecule is Nc1ncc(Br)cc1C(=O)c1cccc(NCCCN2CCCC2)n1.[HH].[HH]. The Hall–Kier alpha value is -1.99. The van der Waals surface area contributed by atoms with Crippen LogP contribution in [0.4, 0.5) is 11.6 Å². The summed E-state index contributed by atoms with van der Waals surface area (Å²) in [5.41, 5.74) is 6.54. The van der Waals surface area contributed by atoms with Crippen molar-refractivity contribution >= 4 is 33.3 Å². The van der Waals surface area contributed by atoms with Gasteiger partial charge in [0.05, 0.1) is 5.56 Å². The van der Waals surface area contributed by atoms with E-state index in [1.54, 1.807) is 18.3 Å². The zero-order valence-electron chi connectivity index (χ0n) is 14.0. The fraction of sp³-hybridized carbons (Fsp3) is 0.389. The summed E-state index contributed by atoms with van der Waals surface area (Å²) in [6.45, 7) is 4.36. The monoisotopic (exact) mass is 407 g/mol. The van der Waals surface area contributed by atoms with Crippen molar-refractivity contribution in [3.63, 3.8) is 0 Å². The molecule has 7 heteroatoms. The Morgan fingerprint density at radius 2 is 2.16 bits per heavy atom. The highest BCUT2D eigenvalue weighted by atomic mass is 79.9. The van der Waals surface area contributed by atoms with Gasteiger partial charge in [0.2, 0.25) is 5.78 Å². The van der Waals surface area contributed by atoms with Gasteiger partial charge in [0, 0.05) is 20.1 Å². The van der Waals surface area contributed by atoms with Gasteiger partial charge in [-0.2, -0.15) is 0 Å². The molecule has 0 unspecified atom stereocenters. The van der Waals surface area contributed by atoms with Crippen molar-refractivity contribution in [3.05, 3.63) is 46.2 Å². The van der Waals surface area contributed by atoms with Crippen molar-refractivity contribution < 1.29 is 7.65 Å². The summed E-state index contributed by atoms with van der Waals surface area (Å²) in [7, 11) is 0. The molecule has 0 radical (unpaired) electrons. The Balaban J connectivity index is 0.00000182. The highest BCUT2D eigenvalue weighted by Crippen LogP contribution is 2.19. The van der Waals surface area contributed by atoms with E-state index in [1.807, 2.05) is 12.1 Å². The zero-order chi connectivity index (χ0) is 17.6. The van der Waals surface area contributed by atoms with Crippen LogP contribution in [0.5, 0.6) is 0 Å². The molecular formula is C18H26BrN5O. The van der Waals surface area contributed by atoms with Gasteiger partial charge < -0.3 is 16.0 Å². The summed E-state index contributed by atoms with van der Waals surface area (Å²) in [6, 6.07) is 7.06. The summed E-state index contributed by atoms with van der Waals surface area (Å²) < 4.78 is 0.709. The van der Waals surface area contributed by atoms with Gasteiger partial charge in [-0.1, -0.05) is 6.07 Å². The normalized spacial score (nSPS) is 14.6. The number of likely N-dealkylation sites (tertiary alicyclic amines) is 1. The number of carbonyl (C=O) groups excluding carboxylic acids is 1. The number of nitrogens with one attached hydrogen (secondary N) is 1. The molecule has 0 amide bonds. The van der Waals surface area contributed by atoms with Gasteiger partial charge in [-0.3, -0.25) is 4.79 Å². The van der Waals surface area contributed by atoms with Crippen LogP contribution in [-0.4, -0.2) is 46.8 Å². The van der Waals surface area contributed by atoms with Gasteiger partial charge in [-0.15, -0.1) is 0 Å². The van der Waals surface area contributed by atoms with E-state index in [0.29, 0.717) is 21.5 Å². The number of hydrogen-bond acceptors (Lipinski definition) is 6. The molecule has 25 heavy (non-hydrogen) atoms. The first-order valence-electron chi connectivity index (χ1n) is 8.52. The minimum Gasteiger partial charge on any atom is -0.383 e. The van der Waals surface area contributed by atoms with Crippen molar-refractivity contribution in [2.75, 3.05) is 37.2 Å². The third kappa shape index (κ3) is 4.76. The quantitative estimate of drug-likeness (QED) is 0.539. The number of pyridine rings is 2. The Morgan fingerprint density at radius 3 is 2.96 bits per heavy atom. The first-order chi connectivity index (χ1) is 12.1. The van der Waals surface area contributed by atoms with Crippen LogP contribution in [0.3, 0.4) is 0 Å². The lowest BCUT2D eigenvalue weighted by Gasteiger charge is -2.14. The molecule has 1 aliphatic rings. The van der Waals surface area contributed by atoms with Gasteiger partial charge >= 0.3 is 0 Å². The maximum absolute atomic E-state index is 12.6. The van der Waals surface area contributed by atoms with Crippen molar-refractivity contribution in [1.29, 1.82) is 0 Å². The van der Waals surface area contributed by atoms with E-state index in [1.165, 1.54) is 25.9 Å². The number of nitrogens with zero attached hydrogens (tertiary/aromatic N) is 3. The Bertz CT molecular complexity index is 756. The van der Waals surface area contributed by atoms with Crippen LogP contribution >= 0.6 is 15.9 Å². The lowest BCUT2D eigenvalue weighted by Crippen LogP contribution is -2.22. The Morgan fingerprint density at radius 1 is 1.36 bits per heavy atom. The number of anilines is 2. The van der Waals surface area contributed by atoms with Crippen LogP contribution in [0.2, 0.25) is 0 Å². The summed E-state index contributed by atoms with van der Waals surface area (Å²) in [5.74, 6) is 0.680. The summed E-state index contributed by atoms with van der Waals surface area (Å²) in [4.78, 5) is 23.5. The molecule has 0 saturated carbocycles. The molecule has 2 aromatic rings. The third-order valence-corrected chi connectivity index (χ3v) is 4.70. The van der Waals surface area contributed by atoms with E-state index < -0.39 is 0 Å². The Kier molecular flexibility index (Phi) is 5.99. The molecule has 1 saturated heterocycles. The molecule has 0 aliphatic carbocycles. The Labute approximate surface area is 158 Å². The van der Waals surface area contributed by atoms with Gasteiger partial charge in [-0.25, -0.2) is 9.97 Å². The molecule has 2 aromatic heterocycles. The average molecular weight is 408 g/mol. The number of carbonyl (C=O) groups is 1. The van der Waals surface area contributed by atoms with Crippen LogP contribution in [-0.2, 0) is 0 Å². The molecule has 1 fully saturated rings. The molecule has 0 atom stereocenters. The number of halogens is 1. The maximum atomic E-state index is 12.6. The van der Waals surface area contributed by atoms with Crippen molar-refractivity contribution in [1.82, 2.24) is 14.9 Å². The number of aromatic nitrogens is 2. The van der Waals surface area contributed by atoms with Crippen molar-refractivity contribution in [2.24, 2.45) is 0 Å². The number of ketones is 1. The summed E-state index contributed by atoms with van der Waals surface area (Å²) in [6.07, 6.45) is 5.25. The first kappa shape index (κ1) is 17.8. The van der Waals surface area contributed by atoms with Gasteiger partial charge in [-0.05, 0) is 73.0 Å². The lowest BCUT2D eigenvalue weighted by molar-refractivity contribution is 0.103. The molecular weight excluding hydrogens is 382 g/mol. The first-order valence-corrected chi connectivity index (χ1v) is 9.32. The van der Waals surface area contributed by atoms with Gasteiger partial charge in [0.1, 0.15) is 17.3 Å². The summed E-state index contributed by atoms with van der Waals surface area (Å²) >= 11 is 3.31. The third-order valence-electron chi connectivity index (χ3n) is 4.27. The van der Waals surface area contributed by atoms with E-state index in [-0.39, 0.29) is 14.5 Å². The smallest absolute Gasteiger partial charge is 0.215 e. The fourth-order valence-corrected chi connectivity index (χ4v) is 3.29. The topological polar surface area (TPSA) is 84.1 Å². The minimum atomic E-state index is -0.230. The second kappa shape index (κ2) is 8.40. The average Bonchev–Trinajstić information content (AvgIpc) is 3.14. The fourth-order valence-electron chi connectivity index (χ4n) is 2.95. The molecule has 6 nitrogen and oxygen atoms in total. The molecule has 0 bridgehead atoms. The van der Waals surface area contributed by atoms with Gasteiger partial charge in [0.25, 0.3) is 0 Å². The van der Waals surface area contributed by atoms with E-state index in [9.17, 15) is 4.79 Å². The maximum Gasteiger partial charge on any atom is 0.215 e. The minimum absolute atomic E-state index is 0. The van der Waals surface area contributed by atoms with Crippen LogP contribution in [0, 0.1) is 0 Å². The van der Waals surface area contributed by atoms with E-state index in [2.05, 4.69) is 36.1 Å². The van der Waals surface area contributed by atoms with E-state index >= 15 is 0 Å². The second-order valence-corrected chi connectivity index (χ2v) is 7.07. The lowest BCUT2D eigenvalue weighted by atomic mass is 10.1. The molecule has 3 heterocycles. The highest BCUT2D eigenvalue weighted by molar-refractivity contribution is 9.10. The molecule has 0 spiro atoms. The van der Waals surface area contributed by atoms with Crippen LogP contribution < -0.4 is 11.1 Å².